The van der Waals surface area contributed by atoms with Gasteiger partial charge in [0, 0.05) is 32.8 Å². The number of carbonyl (C=O) groups is 1. The predicted molar refractivity (Wildman–Crippen MR) is 71.6 cm³/mol. The minimum Gasteiger partial charge on any atom is -0.376 e. The Morgan fingerprint density at radius 2 is 1.94 bits per heavy atom. The minimum atomic E-state index is 0.221. The summed E-state index contributed by atoms with van der Waals surface area (Å²) in [5.41, 5.74) is 0. The highest BCUT2D eigenvalue weighted by molar-refractivity contribution is 5.74. The number of rotatable bonds is 1. The molecule has 0 radical (unpaired) electrons. The zero-order chi connectivity index (χ0) is 13.0. The molecule has 0 spiro atoms. The molecular weight excluding hydrogens is 228 g/mol. The number of hydrogen-bond donors (Lipinski definition) is 0. The van der Waals surface area contributed by atoms with Gasteiger partial charge in [-0.2, -0.15) is 0 Å². The van der Waals surface area contributed by atoms with Crippen molar-refractivity contribution in [3.63, 3.8) is 0 Å². The van der Waals surface area contributed by atoms with Gasteiger partial charge >= 0.3 is 6.03 Å². The van der Waals surface area contributed by atoms with Gasteiger partial charge in [0.25, 0.3) is 0 Å². The second-order valence-electron chi connectivity index (χ2n) is 5.68. The van der Waals surface area contributed by atoms with Gasteiger partial charge in [-0.15, -0.1) is 0 Å². The molecule has 2 unspecified atom stereocenters. The quantitative estimate of drug-likeness (QED) is 0.719. The van der Waals surface area contributed by atoms with Crippen molar-refractivity contribution in [3.8, 4) is 0 Å². The second kappa shape index (κ2) is 6.41. The molecule has 0 N–H and O–H groups in total. The highest BCUT2D eigenvalue weighted by atomic mass is 16.5. The first-order valence-electron chi connectivity index (χ1n) is 7.36. The molecule has 0 aromatic heterocycles. The fourth-order valence-corrected chi connectivity index (χ4v) is 2.88. The molecule has 2 rings (SSSR count). The third-order valence-corrected chi connectivity index (χ3v) is 4.00. The molecule has 0 aromatic carbocycles. The van der Waals surface area contributed by atoms with Gasteiger partial charge < -0.3 is 14.5 Å². The fourth-order valence-electron chi connectivity index (χ4n) is 2.88. The molecule has 2 saturated heterocycles. The van der Waals surface area contributed by atoms with Crippen LogP contribution in [0.3, 0.4) is 0 Å². The van der Waals surface area contributed by atoms with Gasteiger partial charge in [0.2, 0.25) is 0 Å². The molecule has 4 nitrogen and oxygen atoms in total. The Labute approximate surface area is 110 Å². The van der Waals surface area contributed by atoms with E-state index in [0.29, 0.717) is 5.92 Å². The van der Waals surface area contributed by atoms with Crippen LogP contribution < -0.4 is 0 Å². The number of nitrogens with zero attached hydrogens (tertiary/aromatic N) is 2. The number of likely N-dealkylation sites (tertiary alicyclic amines) is 1. The maximum atomic E-state index is 12.5. The van der Waals surface area contributed by atoms with Crippen LogP contribution >= 0.6 is 0 Å². The predicted octanol–water partition coefficient (Wildman–Crippen LogP) is 2.34. The Hall–Kier alpha value is -0.770. The highest BCUT2D eigenvalue weighted by Gasteiger charge is 2.27. The van der Waals surface area contributed by atoms with Crippen LogP contribution in [0.25, 0.3) is 0 Å². The van der Waals surface area contributed by atoms with Gasteiger partial charge in [0.15, 0.2) is 0 Å². The van der Waals surface area contributed by atoms with Crippen LogP contribution in [-0.4, -0.2) is 54.7 Å². The molecule has 4 heteroatoms. The smallest absolute Gasteiger partial charge is 0.320 e. The number of amides is 2. The van der Waals surface area contributed by atoms with Gasteiger partial charge in [-0.25, -0.2) is 4.79 Å². The molecule has 2 fully saturated rings. The van der Waals surface area contributed by atoms with Crippen molar-refractivity contribution in [2.75, 3.05) is 32.8 Å². The number of ether oxygens (including phenoxy) is 1. The summed E-state index contributed by atoms with van der Waals surface area (Å²) in [6.45, 7) is 8.62. The Kier molecular flexibility index (Phi) is 4.87. The maximum Gasteiger partial charge on any atom is 0.320 e. The van der Waals surface area contributed by atoms with Crippen LogP contribution in [0.2, 0.25) is 0 Å². The first kappa shape index (κ1) is 13.7. The van der Waals surface area contributed by atoms with E-state index in [9.17, 15) is 4.79 Å². The van der Waals surface area contributed by atoms with Crippen molar-refractivity contribution >= 4 is 6.03 Å². The average Bonchev–Trinajstić information content (AvgIpc) is 2.63. The van der Waals surface area contributed by atoms with Crippen LogP contribution in [-0.2, 0) is 4.74 Å². The van der Waals surface area contributed by atoms with Gasteiger partial charge in [0.05, 0.1) is 6.10 Å². The molecule has 0 aliphatic carbocycles. The maximum absolute atomic E-state index is 12.5. The number of hydrogen-bond acceptors (Lipinski definition) is 2. The van der Waals surface area contributed by atoms with Crippen LogP contribution in [0.1, 0.15) is 39.5 Å². The molecule has 2 aliphatic rings. The summed E-state index contributed by atoms with van der Waals surface area (Å²) < 4.78 is 5.73. The van der Waals surface area contributed by atoms with E-state index in [2.05, 4.69) is 13.8 Å². The fraction of sp³-hybridized carbons (Fsp3) is 0.929. The lowest BCUT2D eigenvalue weighted by Gasteiger charge is -2.35. The van der Waals surface area contributed by atoms with Crippen molar-refractivity contribution in [3.05, 3.63) is 0 Å². The standard InChI is InChI=1S/C14H26N2O2/c1-3-13-11-16(8-5-9-18-13)14(17)15-7-4-6-12(2)10-15/h12-13H,3-11H2,1-2H3. The average molecular weight is 254 g/mol. The summed E-state index contributed by atoms with van der Waals surface area (Å²) in [7, 11) is 0. The number of carbonyl (C=O) groups excluding carboxylic acids is 1. The van der Waals surface area contributed by atoms with Gasteiger partial charge in [-0.3, -0.25) is 0 Å². The van der Waals surface area contributed by atoms with Crippen molar-refractivity contribution in [2.45, 2.75) is 45.6 Å². The van der Waals surface area contributed by atoms with Gasteiger partial charge in [0.1, 0.15) is 0 Å². The third kappa shape index (κ3) is 3.37. The Morgan fingerprint density at radius 1 is 1.22 bits per heavy atom. The topological polar surface area (TPSA) is 32.8 Å². The second-order valence-corrected chi connectivity index (χ2v) is 5.68. The van der Waals surface area contributed by atoms with Crippen LogP contribution in [0.5, 0.6) is 0 Å². The van der Waals surface area contributed by atoms with E-state index in [-0.39, 0.29) is 12.1 Å². The molecule has 104 valence electrons. The zero-order valence-electron chi connectivity index (χ0n) is 11.7. The summed E-state index contributed by atoms with van der Waals surface area (Å²) in [5, 5.41) is 0. The summed E-state index contributed by atoms with van der Waals surface area (Å²) in [5.74, 6) is 0.646. The Balaban J connectivity index is 1.93. The molecule has 2 heterocycles. The third-order valence-electron chi connectivity index (χ3n) is 4.00. The van der Waals surface area contributed by atoms with Crippen LogP contribution in [0.15, 0.2) is 0 Å². The summed E-state index contributed by atoms with van der Waals surface area (Å²) in [4.78, 5) is 16.5. The van der Waals surface area contributed by atoms with E-state index in [1.54, 1.807) is 0 Å². The lowest BCUT2D eigenvalue weighted by Crippen LogP contribution is -2.49. The molecule has 18 heavy (non-hydrogen) atoms. The molecule has 0 bridgehead atoms. The summed E-state index contributed by atoms with van der Waals surface area (Å²) in [6.07, 6.45) is 4.57. The van der Waals surface area contributed by atoms with E-state index in [4.69, 9.17) is 4.74 Å². The monoisotopic (exact) mass is 254 g/mol. The van der Waals surface area contributed by atoms with Crippen molar-refractivity contribution in [1.82, 2.24) is 9.80 Å². The van der Waals surface area contributed by atoms with E-state index < -0.39 is 0 Å². The minimum absolute atomic E-state index is 0.221. The van der Waals surface area contributed by atoms with Crippen LogP contribution in [0.4, 0.5) is 4.79 Å². The van der Waals surface area contributed by atoms with E-state index in [0.717, 1.165) is 52.0 Å². The van der Waals surface area contributed by atoms with Gasteiger partial charge in [-0.05, 0) is 31.6 Å². The lowest BCUT2D eigenvalue weighted by molar-refractivity contribution is 0.0516. The largest absolute Gasteiger partial charge is 0.376 e. The van der Waals surface area contributed by atoms with Crippen molar-refractivity contribution < 1.29 is 9.53 Å². The Morgan fingerprint density at radius 3 is 2.67 bits per heavy atom. The normalized spacial score (nSPS) is 30.1. The van der Waals surface area contributed by atoms with E-state index in [1.165, 1.54) is 6.42 Å². The van der Waals surface area contributed by atoms with Crippen molar-refractivity contribution in [2.24, 2.45) is 5.92 Å². The Bertz CT molecular complexity index is 283. The SMILES string of the molecule is CCC1CN(C(=O)N2CCCC(C)C2)CCCO1. The molecule has 2 amide bonds. The summed E-state index contributed by atoms with van der Waals surface area (Å²) >= 11 is 0. The molecule has 0 saturated carbocycles. The van der Waals surface area contributed by atoms with Gasteiger partial charge in [-0.1, -0.05) is 13.8 Å². The molecule has 0 aromatic rings. The first-order chi connectivity index (χ1) is 8.70. The number of piperidine rings is 1. The highest BCUT2D eigenvalue weighted by Crippen LogP contribution is 2.18. The van der Waals surface area contributed by atoms with Crippen molar-refractivity contribution in [1.29, 1.82) is 0 Å². The molecule has 2 atom stereocenters. The molecular formula is C14H26N2O2. The lowest BCUT2D eigenvalue weighted by atomic mass is 10.0. The zero-order valence-corrected chi connectivity index (χ0v) is 11.7. The van der Waals surface area contributed by atoms with E-state index >= 15 is 0 Å². The molecule has 2 aliphatic heterocycles. The first-order valence-corrected chi connectivity index (χ1v) is 7.36. The number of urea groups is 1. The summed E-state index contributed by atoms with van der Waals surface area (Å²) in [6, 6.07) is 0.227. The van der Waals surface area contributed by atoms with Crippen LogP contribution in [0, 0.1) is 5.92 Å². The van der Waals surface area contributed by atoms with E-state index in [1.807, 2.05) is 9.80 Å².